The van der Waals surface area contributed by atoms with Crippen LogP contribution in [-0.4, -0.2) is 0 Å². The van der Waals surface area contributed by atoms with Crippen molar-refractivity contribution >= 4 is 0 Å². The fraction of sp³-hybridized carbons (Fsp3) is 1.00. The third-order valence-electron chi connectivity index (χ3n) is 3.66. The first-order chi connectivity index (χ1) is 6.33. The van der Waals surface area contributed by atoms with Crippen LogP contribution in [0.15, 0.2) is 0 Å². The Labute approximate surface area is 84.1 Å². The average molecular weight is 182 g/mol. The first-order valence-corrected chi connectivity index (χ1v) is 6.33. The highest BCUT2D eigenvalue weighted by atomic mass is 14.2. The molecule has 0 radical (unpaired) electrons. The summed E-state index contributed by atoms with van der Waals surface area (Å²) < 4.78 is 0. The molecule has 78 valence electrons. The van der Waals surface area contributed by atoms with Gasteiger partial charge in [-0.1, -0.05) is 65.2 Å². The molecule has 13 heavy (non-hydrogen) atoms. The summed E-state index contributed by atoms with van der Waals surface area (Å²) in [5.74, 6) is 2.03. The predicted molar refractivity (Wildman–Crippen MR) is 59.9 cm³/mol. The molecule has 0 amide bonds. The Morgan fingerprint density at radius 1 is 1.00 bits per heavy atom. The molecule has 0 bridgehead atoms. The molecule has 0 aromatic rings. The second kappa shape index (κ2) is 6.45. The Kier molecular flexibility index (Phi) is 5.50. The first-order valence-electron chi connectivity index (χ1n) is 6.33. The van der Waals surface area contributed by atoms with Crippen molar-refractivity contribution in [1.82, 2.24) is 0 Å². The molecule has 1 atom stereocenters. The molecule has 0 nitrogen and oxygen atoms in total. The van der Waals surface area contributed by atoms with Crippen molar-refractivity contribution in [2.75, 3.05) is 0 Å². The maximum Gasteiger partial charge on any atom is -0.0412 e. The lowest BCUT2D eigenvalue weighted by Crippen LogP contribution is -2.08. The second-order valence-electron chi connectivity index (χ2n) is 4.96. The Hall–Kier alpha value is 0. The van der Waals surface area contributed by atoms with Crippen LogP contribution < -0.4 is 0 Å². The van der Waals surface area contributed by atoms with Gasteiger partial charge in [-0.2, -0.15) is 0 Å². The molecule has 1 aliphatic carbocycles. The maximum absolute atomic E-state index is 2.42. The first kappa shape index (κ1) is 11.1. The summed E-state index contributed by atoms with van der Waals surface area (Å²) in [4.78, 5) is 0. The van der Waals surface area contributed by atoms with E-state index in [1.807, 2.05) is 0 Å². The van der Waals surface area contributed by atoms with Crippen molar-refractivity contribution in [2.24, 2.45) is 11.8 Å². The minimum atomic E-state index is 0.962. The fourth-order valence-electron chi connectivity index (χ4n) is 2.51. The molecule has 0 heteroatoms. The van der Waals surface area contributed by atoms with Crippen LogP contribution in [0.25, 0.3) is 0 Å². The second-order valence-corrected chi connectivity index (χ2v) is 4.96. The topological polar surface area (TPSA) is 0 Å². The zero-order valence-electron chi connectivity index (χ0n) is 9.52. The molecular weight excluding hydrogens is 156 g/mol. The molecule has 0 spiro atoms. The average Bonchev–Trinajstić information content (AvgIpc) is 2.09. The highest BCUT2D eigenvalue weighted by Crippen LogP contribution is 2.28. The van der Waals surface area contributed by atoms with Crippen molar-refractivity contribution in [2.45, 2.75) is 71.6 Å². The molecule has 0 heterocycles. The van der Waals surface area contributed by atoms with Crippen LogP contribution in [0.2, 0.25) is 0 Å². The molecule has 1 fully saturated rings. The minimum Gasteiger partial charge on any atom is -0.0651 e. The van der Waals surface area contributed by atoms with Gasteiger partial charge in [-0.3, -0.25) is 0 Å². The summed E-state index contributed by atoms with van der Waals surface area (Å²) in [5, 5.41) is 0. The van der Waals surface area contributed by atoms with Crippen LogP contribution in [0.4, 0.5) is 0 Å². The van der Waals surface area contributed by atoms with E-state index in [1.54, 1.807) is 0 Å². The predicted octanol–water partition coefficient (Wildman–Crippen LogP) is 4.78. The molecule has 1 unspecified atom stereocenters. The van der Waals surface area contributed by atoms with Gasteiger partial charge < -0.3 is 0 Å². The third kappa shape index (κ3) is 4.69. The highest BCUT2D eigenvalue weighted by molar-refractivity contribution is 4.66. The largest absolute Gasteiger partial charge is 0.0651 e. The van der Waals surface area contributed by atoms with E-state index in [9.17, 15) is 0 Å². The lowest BCUT2D eigenvalue weighted by Gasteiger charge is -2.22. The summed E-state index contributed by atoms with van der Waals surface area (Å²) in [7, 11) is 0. The monoisotopic (exact) mass is 182 g/mol. The molecule has 1 aliphatic rings. The lowest BCUT2D eigenvalue weighted by molar-refractivity contribution is 0.310. The van der Waals surface area contributed by atoms with Crippen LogP contribution in [0.3, 0.4) is 0 Å². The lowest BCUT2D eigenvalue weighted by atomic mass is 9.84. The van der Waals surface area contributed by atoms with Gasteiger partial charge in [-0.25, -0.2) is 0 Å². The molecule has 0 aromatic heterocycles. The standard InChI is InChI=1S/C13H26/c1-3-12(2)11-13-9-7-5-4-6-8-10-13/h12-13H,3-11H2,1-2H3. The Balaban J connectivity index is 2.21. The van der Waals surface area contributed by atoms with Gasteiger partial charge in [0, 0.05) is 0 Å². The van der Waals surface area contributed by atoms with Crippen molar-refractivity contribution in [3.63, 3.8) is 0 Å². The fourth-order valence-corrected chi connectivity index (χ4v) is 2.51. The van der Waals surface area contributed by atoms with Crippen molar-refractivity contribution in [1.29, 1.82) is 0 Å². The van der Waals surface area contributed by atoms with Crippen LogP contribution in [0, 0.1) is 11.8 Å². The van der Waals surface area contributed by atoms with Crippen LogP contribution in [0.5, 0.6) is 0 Å². The quantitative estimate of drug-likeness (QED) is 0.589. The third-order valence-corrected chi connectivity index (χ3v) is 3.66. The van der Waals surface area contributed by atoms with E-state index in [0.717, 1.165) is 11.8 Å². The van der Waals surface area contributed by atoms with E-state index in [0.29, 0.717) is 0 Å². The van der Waals surface area contributed by atoms with Gasteiger partial charge >= 0.3 is 0 Å². The van der Waals surface area contributed by atoms with Gasteiger partial charge in [0.25, 0.3) is 0 Å². The minimum absolute atomic E-state index is 0.962. The Bertz CT molecular complexity index is 109. The van der Waals surface area contributed by atoms with E-state index in [2.05, 4.69) is 13.8 Å². The normalized spacial score (nSPS) is 23.5. The van der Waals surface area contributed by atoms with Crippen molar-refractivity contribution in [3.8, 4) is 0 Å². The Morgan fingerprint density at radius 2 is 1.54 bits per heavy atom. The Morgan fingerprint density at radius 3 is 2.08 bits per heavy atom. The summed E-state index contributed by atoms with van der Waals surface area (Å²) >= 11 is 0. The van der Waals surface area contributed by atoms with Gasteiger partial charge in [0.05, 0.1) is 0 Å². The van der Waals surface area contributed by atoms with E-state index in [1.165, 1.54) is 57.8 Å². The molecule has 0 aromatic carbocycles. The van der Waals surface area contributed by atoms with Crippen molar-refractivity contribution < 1.29 is 0 Å². The van der Waals surface area contributed by atoms with Gasteiger partial charge in [-0.15, -0.1) is 0 Å². The molecule has 0 N–H and O–H groups in total. The SMILES string of the molecule is CCC(C)CC1CCCCCCC1. The van der Waals surface area contributed by atoms with E-state index >= 15 is 0 Å². The van der Waals surface area contributed by atoms with Gasteiger partial charge in [0.2, 0.25) is 0 Å². The van der Waals surface area contributed by atoms with Crippen LogP contribution in [0.1, 0.15) is 71.6 Å². The van der Waals surface area contributed by atoms with Crippen molar-refractivity contribution in [3.05, 3.63) is 0 Å². The number of hydrogen-bond donors (Lipinski definition) is 0. The molecule has 0 saturated heterocycles. The summed E-state index contributed by atoms with van der Waals surface area (Å²) in [5.41, 5.74) is 0. The van der Waals surface area contributed by atoms with E-state index in [4.69, 9.17) is 0 Å². The molecule has 1 saturated carbocycles. The summed E-state index contributed by atoms with van der Waals surface area (Å²) in [6.07, 6.45) is 13.4. The number of rotatable bonds is 3. The zero-order valence-corrected chi connectivity index (χ0v) is 9.52. The summed E-state index contributed by atoms with van der Waals surface area (Å²) in [6.45, 7) is 4.74. The highest BCUT2D eigenvalue weighted by Gasteiger charge is 2.13. The van der Waals surface area contributed by atoms with Crippen LogP contribution in [-0.2, 0) is 0 Å². The zero-order chi connectivity index (χ0) is 9.52. The molecular formula is C13H26. The smallest absolute Gasteiger partial charge is 0.0412 e. The van der Waals surface area contributed by atoms with E-state index in [-0.39, 0.29) is 0 Å². The van der Waals surface area contributed by atoms with Gasteiger partial charge in [-0.05, 0) is 18.3 Å². The van der Waals surface area contributed by atoms with Gasteiger partial charge in [0.15, 0.2) is 0 Å². The van der Waals surface area contributed by atoms with E-state index < -0.39 is 0 Å². The molecule has 0 aliphatic heterocycles. The maximum atomic E-state index is 2.42. The molecule has 1 rings (SSSR count). The van der Waals surface area contributed by atoms with Crippen LogP contribution >= 0.6 is 0 Å². The summed E-state index contributed by atoms with van der Waals surface area (Å²) in [6, 6.07) is 0. The van der Waals surface area contributed by atoms with Gasteiger partial charge in [0.1, 0.15) is 0 Å². The number of hydrogen-bond acceptors (Lipinski definition) is 0.